The third-order valence-corrected chi connectivity index (χ3v) is 6.29. The first kappa shape index (κ1) is 27.4. The first-order valence-corrected chi connectivity index (χ1v) is 13.0. The minimum absolute atomic E-state index is 0.255. The summed E-state index contributed by atoms with van der Waals surface area (Å²) in [6.07, 6.45) is 0.855. The summed E-state index contributed by atoms with van der Waals surface area (Å²) in [4.78, 5) is 26.5. The molecule has 0 aliphatic heterocycles. The van der Waals surface area contributed by atoms with E-state index in [1.54, 1.807) is 4.68 Å². The summed E-state index contributed by atoms with van der Waals surface area (Å²) >= 11 is 0. The Morgan fingerprint density at radius 1 is 0.949 bits per heavy atom. The highest BCUT2D eigenvalue weighted by molar-refractivity contribution is 5.91. The van der Waals surface area contributed by atoms with E-state index in [-0.39, 0.29) is 6.03 Å². The lowest BCUT2D eigenvalue weighted by atomic mass is 10.0. The van der Waals surface area contributed by atoms with Crippen LogP contribution in [0.2, 0.25) is 0 Å². The van der Waals surface area contributed by atoms with Gasteiger partial charge in [0.25, 0.3) is 0 Å². The number of ether oxygens (including phenoxy) is 1. The van der Waals surface area contributed by atoms with Gasteiger partial charge in [-0.3, -0.25) is 4.79 Å². The van der Waals surface area contributed by atoms with Crippen molar-refractivity contribution in [3.8, 4) is 34.0 Å². The molecule has 8 nitrogen and oxygen atoms in total. The lowest BCUT2D eigenvalue weighted by Crippen LogP contribution is -2.29. The number of nitrogens with one attached hydrogen (secondary N) is 2. The fraction of sp³-hybridized carbons (Fsp3) is 0.258. The highest BCUT2D eigenvalue weighted by Crippen LogP contribution is 2.42. The van der Waals surface area contributed by atoms with E-state index in [0.29, 0.717) is 29.4 Å². The molecule has 4 rings (SSSR count). The summed E-state index contributed by atoms with van der Waals surface area (Å²) in [5.41, 5.74) is 7.71. The fourth-order valence-electron chi connectivity index (χ4n) is 4.35. The zero-order valence-corrected chi connectivity index (χ0v) is 23.3. The molecule has 0 saturated carbocycles. The number of carbonyl (C=O) groups is 2. The topological polar surface area (TPSA) is 88.5 Å². The molecule has 0 saturated heterocycles. The first-order chi connectivity index (χ1) is 18.7. The summed E-state index contributed by atoms with van der Waals surface area (Å²) in [6.45, 7) is 8.03. The average molecular weight is 526 g/mol. The molecule has 0 atom stereocenters. The Morgan fingerprint density at radius 2 is 1.62 bits per heavy atom. The molecule has 0 unspecified atom stereocenters. The Morgan fingerprint density at radius 3 is 2.21 bits per heavy atom. The molecule has 1 aromatic heterocycles. The van der Waals surface area contributed by atoms with Gasteiger partial charge < -0.3 is 20.3 Å². The molecule has 3 aromatic carbocycles. The maximum absolute atomic E-state index is 12.3. The summed E-state index contributed by atoms with van der Waals surface area (Å²) < 4.78 is 7.55. The van der Waals surface area contributed by atoms with Gasteiger partial charge in [-0.1, -0.05) is 48.9 Å². The predicted molar refractivity (Wildman–Crippen MR) is 157 cm³/mol. The summed E-state index contributed by atoms with van der Waals surface area (Å²) in [5, 5.41) is 10.7. The van der Waals surface area contributed by atoms with Gasteiger partial charge in [0.15, 0.2) is 0 Å². The van der Waals surface area contributed by atoms with Crippen molar-refractivity contribution in [3.63, 3.8) is 0 Å². The number of carbonyl (C=O) groups excluding carboxylic acids is 2. The van der Waals surface area contributed by atoms with Crippen molar-refractivity contribution in [2.75, 3.05) is 30.9 Å². The van der Waals surface area contributed by atoms with Crippen LogP contribution in [0.3, 0.4) is 0 Å². The molecule has 0 aliphatic carbocycles. The van der Waals surface area contributed by atoms with E-state index in [1.165, 1.54) is 6.92 Å². The lowest BCUT2D eigenvalue weighted by molar-refractivity contribution is -0.132. The lowest BCUT2D eigenvalue weighted by Gasteiger charge is -2.13. The zero-order chi connectivity index (χ0) is 28.1. The van der Waals surface area contributed by atoms with E-state index in [0.717, 1.165) is 40.0 Å². The number of urea groups is 1. The van der Waals surface area contributed by atoms with Crippen LogP contribution in [0.4, 0.5) is 16.2 Å². The number of amides is 2. The predicted octanol–water partition coefficient (Wildman–Crippen LogP) is 6.35. The Kier molecular flexibility index (Phi) is 8.34. The van der Waals surface area contributed by atoms with Crippen molar-refractivity contribution < 1.29 is 14.3 Å². The molecule has 2 N–H and O–H groups in total. The summed E-state index contributed by atoms with van der Waals surface area (Å²) in [5.74, 6) is -0.106. The molecule has 0 aliphatic rings. The number of hydrogen-bond donors (Lipinski definition) is 2. The van der Waals surface area contributed by atoms with Gasteiger partial charge in [0, 0.05) is 44.5 Å². The highest BCUT2D eigenvalue weighted by atomic mass is 16.5. The fourth-order valence-corrected chi connectivity index (χ4v) is 4.35. The van der Waals surface area contributed by atoms with E-state index in [1.807, 2.05) is 100 Å². The van der Waals surface area contributed by atoms with Gasteiger partial charge in [-0.15, -0.1) is 0 Å². The molecule has 0 fully saturated rings. The quantitative estimate of drug-likeness (QED) is 0.262. The van der Waals surface area contributed by atoms with Crippen LogP contribution in [0, 0.1) is 13.8 Å². The van der Waals surface area contributed by atoms with E-state index >= 15 is 0 Å². The largest absolute Gasteiger partial charge is 0.407 e. The van der Waals surface area contributed by atoms with E-state index in [9.17, 15) is 9.59 Å². The zero-order valence-electron chi connectivity index (χ0n) is 23.3. The molecule has 202 valence electrons. The van der Waals surface area contributed by atoms with Gasteiger partial charge in [-0.2, -0.15) is 9.78 Å². The molecule has 0 bridgehead atoms. The third-order valence-electron chi connectivity index (χ3n) is 6.29. The number of aryl methyl sites for hydroxylation is 2. The van der Waals surface area contributed by atoms with Crippen LogP contribution in [-0.4, -0.2) is 42.4 Å². The van der Waals surface area contributed by atoms with Crippen molar-refractivity contribution in [3.05, 3.63) is 77.9 Å². The average Bonchev–Trinajstić information content (AvgIpc) is 3.26. The first-order valence-electron chi connectivity index (χ1n) is 13.0. The number of aromatic nitrogens is 2. The molecule has 1 heterocycles. The van der Waals surface area contributed by atoms with Crippen LogP contribution in [0.5, 0.6) is 5.88 Å². The highest BCUT2D eigenvalue weighted by Gasteiger charge is 2.25. The van der Waals surface area contributed by atoms with Crippen molar-refractivity contribution >= 4 is 23.4 Å². The molecule has 0 radical (unpaired) electrons. The van der Waals surface area contributed by atoms with Gasteiger partial charge in [0.1, 0.15) is 5.69 Å². The second-order valence-electron chi connectivity index (χ2n) is 9.72. The van der Waals surface area contributed by atoms with Crippen LogP contribution in [0.25, 0.3) is 28.1 Å². The normalized spacial score (nSPS) is 10.7. The third kappa shape index (κ3) is 6.29. The summed E-state index contributed by atoms with van der Waals surface area (Å²) in [6, 6.07) is 21.3. The molecule has 39 heavy (non-hydrogen) atoms. The number of rotatable bonds is 8. The number of anilines is 2. The Bertz CT molecular complexity index is 1470. The number of hydrogen-bond acceptors (Lipinski definition) is 5. The van der Waals surface area contributed by atoms with Crippen LogP contribution in [-0.2, 0) is 4.79 Å². The van der Waals surface area contributed by atoms with Gasteiger partial charge in [-0.25, -0.2) is 4.79 Å². The minimum Gasteiger partial charge on any atom is -0.407 e. The van der Waals surface area contributed by atoms with Crippen molar-refractivity contribution in [1.29, 1.82) is 0 Å². The Balaban J connectivity index is 1.88. The van der Waals surface area contributed by atoms with E-state index < -0.39 is 5.97 Å². The molecule has 8 heteroatoms. The summed E-state index contributed by atoms with van der Waals surface area (Å²) in [7, 11) is 3.98. The van der Waals surface area contributed by atoms with Crippen molar-refractivity contribution in [2.24, 2.45) is 0 Å². The number of esters is 1. The van der Waals surface area contributed by atoms with Gasteiger partial charge in [0.2, 0.25) is 5.88 Å². The Hall–Kier alpha value is -4.59. The monoisotopic (exact) mass is 525 g/mol. The second kappa shape index (κ2) is 11.9. The van der Waals surface area contributed by atoms with Gasteiger partial charge in [-0.05, 0) is 61.7 Å². The van der Waals surface area contributed by atoms with E-state index in [2.05, 4.69) is 16.7 Å². The smallest absolute Gasteiger partial charge is 0.319 e. The second-order valence-corrected chi connectivity index (χ2v) is 9.72. The molecule has 0 spiro atoms. The van der Waals surface area contributed by atoms with E-state index in [4.69, 9.17) is 9.84 Å². The number of nitrogens with zero attached hydrogens (tertiary/aromatic N) is 3. The molecular formula is C31H35N5O3. The number of benzene rings is 3. The molecule has 2 amide bonds. The van der Waals surface area contributed by atoms with Crippen LogP contribution >= 0.6 is 0 Å². The Labute approximate surface area is 229 Å². The van der Waals surface area contributed by atoms with Crippen LogP contribution < -0.4 is 20.3 Å². The standard InChI is InChI=1S/C31H35N5O3/c1-7-18-32-31(38)33-25-13-9-23(10-14-25)28-29(24-11-15-26(16-12-24)35(5)6)34-36(30(28)39-22(4)37)27-17-8-20(2)19-21(27)3/h8-17,19H,7,18H2,1-6H3,(H2,32,33,38). The minimum atomic E-state index is -0.442. The maximum Gasteiger partial charge on any atom is 0.319 e. The molecular weight excluding hydrogens is 490 g/mol. The van der Waals surface area contributed by atoms with Crippen LogP contribution in [0.1, 0.15) is 31.4 Å². The van der Waals surface area contributed by atoms with Crippen molar-refractivity contribution in [1.82, 2.24) is 15.1 Å². The van der Waals surface area contributed by atoms with Crippen LogP contribution in [0.15, 0.2) is 66.7 Å². The van der Waals surface area contributed by atoms with Crippen molar-refractivity contribution in [2.45, 2.75) is 34.1 Å². The van der Waals surface area contributed by atoms with Gasteiger partial charge in [0.05, 0.1) is 11.3 Å². The maximum atomic E-state index is 12.3. The van der Waals surface area contributed by atoms with Gasteiger partial charge >= 0.3 is 12.0 Å². The molecule has 4 aromatic rings. The SMILES string of the molecule is CCCNC(=O)Nc1ccc(-c2c(-c3ccc(N(C)C)cc3)nn(-c3ccc(C)cc3C)c2OC(C)=O)cc1.